The van der Waals surface area contributed by atoms with E-state index in [1.807, 2.05) is 30.3 Å². The van der Waals surface area contributed by atoms with E-state index in [0.717, 1.165) is 5.56 Å². The molecular weight excluding hydrogens is 339 g/mol. The van der Waals surface area contributed by atoms with E-state index in [1.54, 1.807) is 12.3 Å². The molecule has 106 valence electrons. The Balaban J connectivity index is 1.92. The van der Waals surface area contributed by atoms with Crippen molar-refractivity contribution in [3.8, 4) is 5.75 Å². The van der Waals surface area contributed by atoms with Crippen LogP contribution in [0.15, 0.2) is 47.1 Å². The minimum Gasteiger partial charge on any atom is -0.487 e. The summed E-state index contributed by atoms with van der Waals surface area (Å²) in [5.74, 6) is -0.274. The molecule has 4 nitrogen and oxygen atoms in total. The Morgan fingerprint density at radius 3 is 2.81 bits per heavy atom. The monoisotopic (exact) mass is 348 g/mol. The number of ether oxygens (including phenoxy) is 1. The molecular formula is C15H10BrFN2O2. The largest absolute Gasteiger partial charge is 0.487 e. The second-order valence-electron chi connectivity index (χ2n) is 4.41. The summed E-state index contributed by atoms with van der Waals surface area (Å²) in [6.07, 6.45) is 1.99. The molecule has 0 saturated heterocycles. The zero-order chi connectivity index (χ0) is 14.8. The number of rotatable bonds is 4. The molecule has 2 heterocycles. The van der Waals surface area contributed by atoms with Gasteiger partial charge >= 0.3 is 0 Å². The highest BCUT2D eigenvalue weighted by atomic mass is 79.9. The number of halogens is 2. The predicted octanol–water partition coefficient (Wildman–Crippen LogP) is 3.63. The molecule has 2 aromatic heterocycles. The van der Waals surface area contributed by atoms with E-state index in [1.165, 1.54) is 4.52 Å². The van der Waals surface area contributed by atoms with Gasteiger partial charge in [0.15, 0.2) is 6.29 Å². The second kappa shape index (κ2) is 5.65. The minimum absolute atomic E-state index is 0.0727. The molecule has 3 rings (SSSR count). The van der Waals surface area contributed by atoms with Crippen molar-refractivity contribution < 1.29 is 13.9 Å². The lowest BCUT2D eigenvalue weighted by Crippen LogP contribution is -1.98. The molecule has 3 aromatic rings. The summed E-state index contributed by atoms with van der Waals surface area (Å²) >= 11 is 3.31. The van der Waals surface area contributed by atoms with Crippen LogP contribution in [0.2, 0.25) is 0 Å². The highest BCUT2D eigenvalue weighted by Crippen LogP contribution is 2.27. The van der Waals surface area contributed by atoms with Gasteiger partial charge in [-0.05, 0) is 27.6 Å². The van der Waals surface area contributed by atoms with Gasteiger partial charge < -0.3 is 4.74 Å². The van der Waals surface area contributed by atoms with E-state index >= 15 is 0 Å². The third kappa shape index (κ3) is 2.67. The van der Waals surface area contributed by atoms with Crippen molar-refractivity contribution in [3.63, 3.8) is 0 Å². The predicted molar refractivity (Wildman–Crippen MR) is 79.0 cm³/mol. The lowest BCUT2D eigenvalue weighted by atomic mass is 10.2. The van der Waals surface area contributed by atoms with E-state index in [4.69, 9.17) is 4.74 Å². The lowest BCUT2D eigenvalue weighted by molar-refractivity contribution is 0.112. The number of nitrogens with zero attached hydrogens (tertiary/aromatic N) is 2. The van der Waals surface area contributed by atoms with Crippen molar-refractivity contribution in [3.05, 3.63) is 64.1 Å². The molecule has 6 heteroatoms. The minimum atomic E-state index is -0.800. The molecule has 0 fully saturated rings. The number of benzene rings is 1. The first-order valence-corrected chi connectivity index (χ1v) is 6.97. The number of pyridine rings is 1. The number of aldehydes is 1. The molecule has 1 aromatic carbocycles. The van der Waals surface area contributed by atoms with Crippen LogP contribution >= 0.6 is 15.9 Å². The zero-order valence-electron chi connectivity index (χ0n) is 10.8. The summed E-state index contributed by atoms with van der Waals surface area (Å²) in [6, 6.07) is 11.4. The maximum atomic E-state index is 13.5. The summed E-state index contributed by atoms with van der Waals surface area (Å²) in [7, 11) is 0. The third-order valence-corrected chi connectivity index (χ3v) is 3.62. The molecule has 0 unspecified atom stereocenters. The second-order valence-corrected chi connectivity index (χ2v) is 5.27. The van der Waals surface area contributed by atoms with E-state index in [0.29, 0.717) is 28.6 Å². The Morgan fingerprint density at radius 1 is 1.33 bits per heavy atom. The Labute approximate surface area is 128 Å². The Morgan fingerprint density at radius 2 is 2.10 bits per heavy atom. The molecule has 0 aliphatic heterocycles. The number of fused-ring (bicyclic) bond motifs is 1. The van der Waals surface area contributed by atoms with Crippen molar-refractivity contribution in [1.29, 1.82) is 0 Å². The van der Waals surface area contributed by atoms with Crippen LogP contribution in [0.1, 0.15) is 15.9 Å². The van der Waals surface area contributed by atoms with Gasteiger partial charge in [-0.2, -0.15) is 4.39 Å². The van der Waals surface area contributed by atoms with E-state index < -0.39 is 5.95 Å². The van der Waals surface area contributed by atoms with Gasteiger partial charge in [-0.25, -0.2) is 4.52 Å². The van der Waals surface area contributed by atoms with Crippen LogP contribution in [0.5, 0.6) is 5.75 Å². The van der Waals surface area contributed by atoms with Crippen molar-refractivity contribution >= 4 is 27.7 Å². The topological polar surface area (TPSA) is 43.6 Å². The van der Waals surface area contributed by atoms with Gasteiger partial charge in [0.25, 0.3) is 0 Å². The van der Waals surface area contributed by atoms with E-state index in [2.05, 4.69) is 21.0 Å². The van der Waals surface area contributed by atoms with E-state index in [-0.39, 0.29) is 5.56 Å². The fourth-order valence-corrected chi connectivity index (χ4v) is 2.65. The molecule has 0 aliphatic carbocycles. The average Bonchev–Trinajstić information content (AvgIpc) is 2.82. The summed E-state index contributed by atoms with van der Waals surface area (Å²) < 4.78 is 21.0. The highest BCUT2D eigenvalue weighted by Gasteiger charge is 2.15. The summed E-state index contributed by atoms with van der Waals surface area (Å²) in [4.78, 5) is 10.9. The van der Waals surface area contributed by atoms with Crippen molar-refractivity contribution in [2.45, 2.75) is 6.61 Å². The maximum absolute atomic E-state index is 13.5. The normalized spacial score (nSPS) is 10.8. The molecule has 0 bridgehead atoms. The van der Waals surface area contributed by atoms with E-state index in [9.17, 15) is 9.18 Å². The molecule has 0 radical (unpaired) electrons. The molecule has 0 saturated carbocycles. The quantitative estimate of drug-likeness (QED) is 0.676. The van der Waals surface area contributed by atoms with Crippen LogP contribution < -0.4 is 4.74 Å². The fraction of sp³-hybridized carbons (Fsp3) is 0.0667. The number of carbonyl (C=O) groups excluding carboxylic acids is 1. The van der Waals surface area contributed by atoms with Gasteiger partial charge in [0.05, 0.1) is 17.3 Å². The fourth-order valence-electron chi connectivity index (χ4n) is 2.03. The van der Waals surface area contributed by atoms with Crippen LogP contribution in [-0.2, 0) is 6.61 Å². The first-order chi connectivity index (χ1) is 10.2. The molecule has 0 spiro atoms. The Kier molecular flexibility index (Phi) is 3.70. The molecule has 0 amide bonds. The summed E-state index contributed by atoms with van der Waals surface area (Å²) in [5, 5.41) is 3.67. The Hall–Kier alpha value is -2.21. The third-order valence-electron chi connectivity index (χ3n) is 3.01. The van der Waals surface area contributed by atoms with Crippen LogP contribution in [0.4, 0.5) is 4.39 Å². The van der Waals surface area contributed by atoms with Crippen LogP contribution in [0.3, 0.4) is 0 Å². The number of hydrogen-bond donors (Lipinski definition) is 0. The van der Waals surface area contributed by atoms with Gasteiger partial charge in [0, 0.05) is 4.47 Å². The van der Waals surface area contributed by atoms with Crippen molar-refractivity contribution in [1.82, 2.24) is 9.61 Å². The van der Waals surface area contributed by atoms with Crippen LogP contribution in [-0.4, -0.2) is 15.9 Å². The first-order valence-electron chi connectivity index (χ1n) is 6.18. The van der Waals surface area contributed by atoms with Gasteiger partial charge in [-0.1, -0.05) is 30.3 Å². The Bertz CT molecular complexity index is 802. The van der Waals surface area contributed by atoms with Gasteiger partial charge in [0.2, 0.25) is 5.95 Å². The van der Waals surface area contributed by atoms with Gasteiger partial charge in [-0.15, -0.1) is 5.10 Å². The van der Waals surface area contributed by atoms with Gasteiger partial charge in [0.1, 0.15) is 12.4 Å². The number of hydrogen-bond acceptors (Lipinski definition) is 3. The molecule has 0 N–H and O–H groups in total. The van der Waals surface area contributed by atoms with Crippen molar-refractivity contribution in [2.75, 3.05) is 0 Å². The SMILES string of the molecule is O=Cc1c(F)nn2cc(OCc3ccccc3)cc(Br)c12. The molecule has 0 aliphatic rings. The zero-order valence-corrected chi connectivity index (χ0v) is 12.4. The van der Waals surface area contributed by atoms with Crippen molar-refractivity contribution in [2.24, 2.45) is 0 Å². The summed E-state index contributed by atoms with van der Waals surface area (Å²) in [6.45, 7) is 0.392. The number of aromatic nitrogens is 2. The summed E-state index contributed by atoms with van der Waals surface area (Å²) in [5.41, 5.74) is 1.33. The molecule has 0 atom stereocenters. The standard InChI is InChI=1S/C15H10BrFN2O2/c16-13-6-11(21-9-10-4-2-1-3-5-10)7-19-14(13)12(8-20)15(17)18-19/h1-8H,9H2. The van der Waals surface area contributed by atoms with Gasteiger partial charge in [-0.3, -0.25) is 4.79 Å². The maximum Gasteiger partial charge on any atom is 0.244 e. The average molecular weight is 349 g/mol. The number of carbonyl (C=O) groups is 1. The van der Waals surface area contributed by atoms with Crippen LogP contribution in [0, 0.1) is 5.95 Å². The van der Waals surface area contributed by atoms with Crippen LogP contribution in [0.25, 0.3) is 5.52 Å². The smallest absolute Gasteiger partial charge is 0.244 e. The highest BCUT2D eigenvalue weighted by molar-refractivity contribution is 9.10. The molecule has 21 heavy (non-hydrogen) atoms. The lowest BCUT2D eigenvalue weighted by Gasteiger charge is -2.07. The first kappa shape index (κ1) is 13.8.